The zero-order chi connectivity index (χ0) is 17.3. The maximum atomic E-state index is 13.0. The molecule has 0 fully saturated rings. The Kier molecular flexibility index (Phi) is 4.45. The second-order valence-corrected chi connectivity index (χ2v) is 6.08. The number of anilines is 1. The molecule has 3 nitrogen and oxygen atoms in total. The van der Waals surface area contributed by atoms with E-state index in [1.165, 1.54) is 6.07 Å². The highest BCUT2D eigenvalue weighted by Crippen LogP contribution is 2.33. The Balaban J connectivity index is 2.21. The molecule has 1 aromatic heterocycles. The van der Waals surface area contributed by atoms with E-state index >= 15 is 0 Å². The van der Waals surface area contributed by atoms with Crippen LogP contribution in [-0.2, 0) is 6.18 Å². The van der Waals surface area contributed by atoms with Gasteiger partial charge in [-0.15, -0.1) is 0 Å². The SMILES string of the molecule is CCNc1nc(-c2ccc(Br)cc2)nc2cc(C(F)(F)F)ccc12. The van der Waals surface area contributed by atoms with Crippen molar-refractivity contribution in [3.63, 3.8) is 0 Å². The Bertz CT molecular complexity index is 877. The lowest BCUT2D eigenvalue weighted by atomic mass is 10.1. The first kappa shape index (κ1) is 16.7. The van der Waals surface area contributed by atoms with Crippen LogP contribution < -0.4 is 5.32 Å². The normalized spacial score (nSPS) is 11.7. The van der Waals surface area contributed by atoms with Gasteiger partial charge in [-0.2, -0.15) is 13.2 Å². The average Bonchev–Trinajstić information content (AvgIpc) is 2.54. The van der Waals surface area contributed by atoms with Gasteiger partial charge in [-0.1, -0.05) is 28.1 Å². The number of nitrogens with zero attached hydrogens (tertiary/aromatic N) is 2. The van der Waals surface area contributed by atoms with Crippen molar-refractivity contribution in [1.82, 2.24) is 9.97 Å². The van der Waals surface area contributed by atoms with E-state index in [4.69, 9.17) is 0 Å². The van der Waals surface area contributed by atoms with Gasteiger partial charge in [-0.05, 0) is 37.3 Å². The van der Waals surface area contributed by atoms with Gasteiger partial charge in [-0.3, -0.25) is 0 Å². The van der Waals surface area contributed by atoms with Crippen molar-refractivity contribution in [3.05, 3.63) is 52.5 Å². The number of alkyl halides is 3. The van der Waals surface area contributed by atoms with Crippen LogP contribution in [0.1, 0.15) is 12.5 Å². The van der Waals surface area contributed by atoms with Gasteiger partial charge in [0.15, 0.2) is 5.82 Å². The van der Waals surface area contributed by atoms with E-state index < -0.39 is 11.7 Å². The minimum Gasteiger partial charge on any atom is -0.370 e. The molecule has 0 amide bonds. The van der Waals surface area contributed by atoms with Gasteiger partial charge < -0.3 is 5.32 Å². The summed E-state index contributed by atoms with van der Waals surface area (Å²) < 4.78 is 39.8. The molecule has 0 bridgehead atoms. The van der Waals surface area contributed by atoms with Crippen molar-refractivity contribution in [2.24, 2.45) is 0 Å². The fourth-order valence-corrected chi connectivity index (χ4v) is 2.60. The summed E-state index contributed by atoms with van der Waals surface area (Å²) in [6, 6.07) is 10.8. The van der Waals surface area contributed by atoms with Crippen molar-refractivity contribution in [2.45, 2.75) is 13.1 Å². The smallest absolute Gasteiger partial charge is 0.370 e. The van der Waals surface area contributed by atoms with Gasteiger partial charge in [0.2, 0.25) is 0 Å². The van der Waals surface area contributed by atoms with Crippen molar-refractivity contribution in [2.75, 3.05) is 11.9 Å². The number of benzene rings is 2. The van der Waals surface area contributed by atoms with Crippen LogP contribution >= 0.6 is 15.9 Å². The van der Waals surface area contributed by atoms with E-state index in [9.17, 15) is 13.2 Å². The second kappa shape index (κ2) is 6.39. The molecule has 0 aliphatic carbocycles. The fraction of sp³-hybridized carbons (Fsp3) is 0.176. The third-order valence-corrected chi connectivity index (χ3v) is 4.00. The highest BCUT2D eigenvalue weighted by molar-refractivity contribution is 9.10. The molecule has 3 rings (SSSR count). The second-order valence-electron chi connectivity index (χ2n) is 5.16. The first-order valence-electron chi connectivity index (χ1n) is 7.27. The molecular weight excluding hydrogens is 383 g/mol. The van der Waals surface area contributed by atoms with Crippen LogP contribution in [0.3, 0.4) is 0 Å². The predicted molar refractivity (Wildman–Crippen MR) is 91.8 cm³/mol. The Morgan fingerprint density at radius 2 is 1.75 bits per heavy atom. The lowest BCUT2D eigenvalue weighted by Gasteiger charge is -2.12. The molecule has 124 valence electrons. The molecule has 24 heavy (non-hydrogen) atoms. The zero-order valence-electron chi connectivity index (χ0n) is 12.7. The molecule has 3 aromatic rings. The van der Waals surface area contributed by atoms with E-state index in [2.05, 4.69) is 31.2 Å². The number of nitrogens with one attached hydrogen (secondary N) is 1. The van der Waals surface area contributed by atoms with Crippen LogP contribution in [0.2, 0.25) is 0 Å². The Morgan fingerprint density at radius 3 is 2.38 bits per heavy atom. The molecule has 0 radical (unpaired) electrons. The Morgan fingerprint density at radius 1 is 1.04 bits per heavy atom. The third-order valence-electron chi connectivity index (χ3n) is 3.47. The quantitative estimate of drug-likeness (QED) is 0.635. The highest BCUT2D eigenvalue weighted by Gasteiger charge is 2.30. The number of aromatic nitrogens is 2. The van der Waals surface area contributed by atoms with Crippen molar-refractivity contribution in [3.8, 4) is 11.4 Å². The lowest BCUT2D eigenvalue weighted by Crippen LogP contribution is -2.07. The summed E-state index contributed by atoms with van der Waals surface area (Å²) >= 11 is 3.35. The van der Waals surface area contributed by atoms with Crippen LogP contribution in [0, 0.1) is 0 Å². The van der Waals surface area contributed by atoms with Crippen LogP contribution in [0.4, 0.5) is 19.0 Å². The number of halogens is 4. The topological polar surface area (TPSA) is 37.8 Å². The monoisotopic (exact) mass is 395 g/mol. The molecule has 0 aliphatic heterocycles. The van der Waals surface area contributed by atoms with Crippen LogP contribution in [0.25, 0.3) is 22.3 Å². The lowest BCUT2D eigenvalue weighted by molar-refractivity contribution is -0.137. The molecule has 0 saturated heterocycles. The van der Waals surface area contributed by atoms with Crippen LogP contribution in [0.5, 0.6) is 0 Å². The molecule has 0 unspecified atom stereocenters. The standard InChI is InChI=1S/C17H13BrF3N3/c1-2-22-16-13-8-5-11(17(19,20)21)9-14(13)23-15(24-16)10-3-6-12(18)7-4-10/h3-9H,2H2,1H3,(H,22,23,24). The molecule has 0 spiro atoms. The summed E-state index contributed by atoms with van der Waals surface area (Å²) in [4.78, 5) is 8.79. The molecule has 0 saturated carbocycles. The summed E-state index contributed by atoms with van der Waals surface area (Å²) in [5.74, 6) is 0.902. The minimum absolute atomic E-state index is 0.258. The van der Waals surface area contributed by atoms with E-state index in [1.807, 2.05) is 31.2 Å². The van der Waals surface area contributed by atoms with E-state index in [0.29, 0.717) is 23.6 Å². The summed E-state index contributed by atoms with van der Waals surface area (Å²) in [6.07, 6.45) is -4.41. The summed E-state index contributed by atoms with van der Waals surface area (Å²) in [5.41, 5.74) is 0.267. The van der Waals surface area contributed by atoms with Gasteiger partial charge in [-0.25, -0.2) is 9.97 Å². The Labute approximate surface area is 145 Å². The third kappa shape index (κ3) is 3.36. The van der Waals surface area contributed by atoms with E-state index in [1.54, 1.807) is 0 Å². The van der Waals surface area contributed by atoms with E-state index in [0.717, 1.165) is 22.2 Å². The molecule has 1 N–H and O–H groups in total. The van der Waals surface area contributed by atoms with Crippen molar-refractivity contribution < 1.29 is 13.2 Å². The molecule has 2 aromatic carbocycles. The first-order valence-corrected chi connectivity index (χ1v) is 8.06. The number of rotatable bonds is 3. The minimum atomic E-state index is -4.41. The summed E-state index contributed by atoms with van der Waals surface area (Å²) in [7, 11) is 0. The Hall–Kier alpha value is -2.15. The van der Waals surface area contributed by atoms with Crippen LogP contribution in [-0.4, -0.2) is 16.5 Å². The van der Waals surface area contributed by atoms with Gasteiger partial charge in [0, 0.05) is 22.0 Å². The van der Waals surface area contributed by atoms with Crippen molar-refractivity contribution in [1.29, 1.82) is 0 Å². The van der Waals surface area contributed by atoms with E-state index in [-0.39, 0.29) is 5.52 Å². The van der Waals surface area contributed by atoms with Crippen LogP contribution in [0.15, 0.2) is 46.9 Å². The first-order chi connectivity index (χ1) is 11.4. The fourth-order valence-electron chi connectivity index (χ4n) is 2.34. The maximum Gasteiger partial charge on any atom is 0.416 e. The molecule has 1 heterocycles. The maximum absolute atomic E-state index is 13.0. The molecule has 0 atom stereocenters. The molecule has 0 aliphatic rings. The van der Waals surface area contributed by atoms with Gasteiger partial charge in [0.1, 0.15) is 5.82 Å². The summed E-state index contributed by atoms with van der Waals surface area (Å²) in [5, 5.41) is 3.65. The molecular formula is C17H13BrF3N3. The van der Waals surface area contributed by atoms with Gasteiger partial charge >= 0.3 is 6.18 Å². The number of hydrogen-bond acceptors (Lipinski definition) is 3. The molecule has 7 heteroatoms. The largest absolute Gasteiger partial charge is 0.416 e. The van der Waals surface area contributed by atoms with Crippen molar-refractivity contribution >= 4 is 32.7 Å². The zero-order valence-corrected chi connectivity index (χ0v) is 14.2. The van der Waals surface area contributed by atoms with Gasteiger partial charge in [0.05, 0.1) is 11.1 Å². The summed E-state index contributed by atoms with van der Waals surface area (Å²) in [6.45, 7) is 2.50. The number of fused-ring (bicyclic) bond motifs is 1. The average molecular weight is 396 g/mol. The highest BCUT2D eigenvalue weighted by atomic mass is 79.9. The predicted octanol–water partition coefficient (Wildman–Crippen LogP) is 5.51. The van der Waals surface area contributed by atoms with Gasteiger partial charge in [0.25, 0.3) is 0 Å². The number of hydrogen-bond donors (Lipinski definition) is 1.